The molecule has 2 N–H and O–H groups in total. The largest absolute Gasteiger partial charge is 0.317 e. The molecule has 1 fully saturated rings. The standard InChI is InChI=1S/C9H13N3OS/c13-8-3-6-11-9(12-8)14-7-1-4-10-5-2-7/h3,6-7,10H,1-2,4-5H2,(H,11,12,13). The molecule has 76 valence electrons. The monoisotopic (exact) mass is 211 g/mol. The summed E-state index contributed by atoms with van der Waals surface area (Å²) in [6.07, 6.45) is 3.84. The van der Waals surface area contributed by atoms with Crippen molar-refractivity contribution in [2.45, 2.75) is 23.2 Å². The van der Waals surface area contributed by atoms with Gasteiger partial charge in [-0.3, -0.25) is 4.79 Å². The molecule has 2 heterocycles. The minimum atomic E-state index is -0.0727. The average Bonchev–Trinajstić information content (AvgIpc) is 2.19. The van der Waals surface area contributed by atoms with Crippen LogP contribution in [0.15, 0.2) is 22.2 Å². The van der Waals surface area contributed by atoms with E-state index in [1.165, 1.54) is 6.07 Å². The second kappa shape index (κ2) is 4.61. The zero-order chi connectivity index (χ0) is 9.80. The predicted octanol–water partition coefficient (Wildman–Crippen LogP) is 0.614. The molecule has 1 aromatic rings. The lowest BCUT2D eigenvalue weighted by Crippen LogP contribution is -2.29. The summed E-state index contributed by atoms with van der Waals surface area (Å²) in [6.45, 7) is 2.13. The second-order valence-electron chi connectivity index (χ2n) is 3.31. The summed E-state index contributed by atoms with van der Waals surface area (Å²) in [7, 11) is 0. The van der Waals surface area contributed by atoms with Gasteiger partial charge in [0, 0.05) is 17.5 Å². The van der Waals surface area contributed by atoms with Gasteiger partial charge in [0.25, 0.3) is 5.56 Å². The number of piperidine rings is 1. The molecule has 0 unspecified atom stereocenters. The van der Waals surface area contributed by atoms with Gasteiger partial charge in [0.2, 0.25) is 0 Å². The third kappa shape index (κ3) is 2.59. The van der Waals surface area contributed by atoms with E-state index < -0.39 is 0 Å². The Labute approximate surface area is 86.5 Å². The van der Waals surface area contributed by atoms with Crippen LogP contribution in [0.4, 0.5) is 0 Å². The van der Waals surface area contributed by atoms with Crippen molar-refractivity contribution < 1.29 is 0 Å². The Morgan fingerprint density at radius 1 is 1.43 bits per heavy atom. The lowest BCUT2D eigenvalue weighted by Gasteiger charge is -2.20. The molecule has 1 aliphatic rings. The van der Waals surface area contributed by atoms with Gasteiger partial charge in [0.1, 0.15) is 0 Å². The quantitative estimate of drug-likeness (QED) is 0.704. The number of thioether (sulfide) groups is 1. The molecule has 0 aromatic carbocycles. The van der Waals surface area contributed by atoms with Crippen molar-refractivity contribution in [1.29, 1.82) is 0 Å². The highest BCUT2D eigenvalue weighted by Crippen LogP contribution is 2.24. The van der Waals surface area contributed by atoms with Crippen molar-refractivity contribution in [1.82, 2.24) is 15.3 Å². The van der Waals surface area contributed by atoms with Crippen LogP contribution in [-0.2, 0) is 0 Å². The molecule has 2 rings (SSSR count). The maximum Gasteiger partial charge on any atom is 0.251 e. The van der Waals surface area contributed by atoms with E-state index in [2.05, 4.69) is 15.3 Å². The lowest BCUT2D eigenvalue weighted by molar-refractivity contribution is 0.530. The van der Waals surface area contributed by atoms with Crippen LogP contribution < -0.4 is 10.9 Å². The van der Waals surface area contributed by atoms with Crippen LogP contribution in [-0.4, -0.2) is 28.3 Å². The van der Waals surface area contributed by atoms with Crippen molar-refractivity contribution in [2.24, 2.45) is 0 Å². The van der Waals surface area contributed by atoms with E-state index in [0.29, 0.717) is 5.25 Å². The van der Waals surface area contributed by atoms with E-state index in [0.717, 1.165) is 31.1 Å². The van der Waals surface area contributed by atoms with E-state index in [4.69, 9.17) is 0 Å². The van der Waals surface area contributed by atoms with Crippen LogP contribution in [0, 0.1) is 0 Å². The summed E-state index contributed by atoms with van der Waals surface area (Å²) >= 11 is 1.67. The minimum absolute atomic E-state index is 0.0727. The van der Waals surface area contributed by atoms with Gasteiger partial charge < -0.3 is 10.3 Å². The van der Waals surface area contributed by atoms with Gasteiger partial charge in [-0.25, -0.2) is 4.98 Å². The first-order valence-electron chi connectivity index (χ1n) is 4.77. The maximum absolute atomic E-state index is 11.0. The van der Waals surface area contributed by atoms with Gasteiger partial charge in [0.05, 0.1) is 0 Å². The van der Waals surface area contributed by atoms with E-state index in [9.17, 15) is 4.79 Å². The van der Waals surface area contributed by atoms with Crippen LogP contribution >= 0.6 is 11.8 Å². The number of aromatic nitrogens is 2. The summed E-state index contributed by atoms with van der Waals surface area (Å²) in [5.41, 5.74) is -0.0727. The predicted molar refractivity (Wildman–Crippen MR) is 56.6 cm³/mol. The highest BCUT2D eigenvalue weighted by molar-refractivity contribution is 7.99. The summed E-state index contributed by atoms with van der Waals surface area (Å²) in [6, 6.07) is 1.44. The second-order valence-corrected chi connectivity index (χ2v) is 4.60. The number of nitrogens with zero attached hydrogens (tertiary/aromatic N) is 1. The van der Waals surface area contributed by atoms with Crippen LogP contribution in [0.3, 0.4) is 0 Å². The zero-order valence-corrected chi connectivity index (χ0v) is 8.64. The Hall–Kier alpha value is -0.810. The molecule has 0 amide bonds. The lowest BCUT2D eigenvalue weighted by atomic mass is 10.2. The maximum atomic E-state index is 11.0. The van der Waals surface area contributed by atoms with Gasteiger partial charge in [-0.1, -0.05) is 11.8 Å². The van der Waals surface area contributed by atoms with E-state index in [-0.39, 0.29) is 5.56 Å². The molecule has 0 atom stereocenters. The molecule has 1 aliphatic heterocycles. The van der Waals surface area contributed by atoms with Crippen LogP contribution in [0.5, 0.6) is 0 Å². The fourth-order valence-corrected chi connectivity index (χ4v) is 2.55. The van der Waals surface area contributed by atoms with E-state index in [1.54, 1.807) is 18.0 Å². The van der Waals surface area contributed by atoms with Gasteiger partial charge in [-0.2, -0.15) is 0 Å². The van der Waals surface area contributed by atoms with Crippen molar-refractivity contribution in [3.05, 3.63) is 22.6 Å². The van der Waals surface area contributed by atoms with Gasteiger partial charge >= 0.3 is 0 Å². The highest BCUT2D eigenvalue weighted by atomic mass is 32.2. The molecule has 1 aromatic heterocycles. The Bertz CT molecular complexity index is 346. The van der Waals surface area contributed by atoms with Gasteiger partial charge in [-0.05, 0) is 25.9 Å². The Morgan fingerprint density at radius 2 is 2.21 bits per heavy atom. The Kier molecular flexibility index (Phi) is 3.21. The third-order valence-corrected chi connectivity index (χ3v) is 3.45. The summed E-state index contributed by atoms with van der Waals surface area (Å²) < 4.78 is 0. The molecule has 0 spiro atoms. The van der Waals surface area contributed by atoms with Crippen LogP contribution in [0.25, 0.3) is 0 Å². The minimum Gasteiger partial charge on any atom is -0.317 e. The number of nitrogens with one attached hydrogen (secondary N) is 2. The first-order valence-corrected chi connectivity index (χ1v) is 5.65. The highest BCUT2D eigenvalue weighted by Gasteiger charge is 2.14. The summed E-state index contributed by atoms with van der Waals surface area (Å²) in [5.74, 6) is 0. The first-order chi connectivity index (χ1) is 6.84. The summed E-state index contributed by atoms with van der Waals surface area (Å²) in [5, 5.41) is 4.63. The number of rotatable bonds is 2. The molecule has 0 aliphatic carbocycles. The molecule has 14 heavy (non-hydrogen) atoms. The van der Waals surface area contributed by atoms with Crippen molar-refractivity contribution >= 4 is 11.8 Å². The molecular formula is C9H13N3OS. The Morgan fingerprint density at radius 3 is 2.93 bits per heavy atom. The van der Waals surface area contributed by atoms with Crippen LogP contribution in [0.2, 0.25) is 0 Å². The average molecular weight is 211 g/mol. The van der Waals surface area contributed by atoms with Crippen molar-refractivity contribution in [2.75, 3.05) is 13.1 Å². The molecule has 4 nitrogen and oxygen atoms in total. The van der Waals surface area contributed by atoms with Crippen molar-refractivity contribution in [3.63, 3.8) is 0 Å². The fourth-order valence-electron chi connectivity index (χ4n) is 1.48. The van der Waals surface area contributed by atoms with Gasteiger partial charge in [-0.15, -0.1) is 0 Å². The molecule has 0 saturated carbocycles. The first kappa shape index (κ1) is 9.73. The normalized spacial score (nSPS) is 18.3. The number of aromatic amines is 1. The zero-order valence-electron chi connectivity index (χ0n) is 7.82. The summed E-state index contributed by atoms with van der Waals surface area (Å²) in [4.78, 5) is 17.9. The van der Waals surface area contributed by atoms with E-state index >= 15 is 0 Å². The molecular weight excluding hydrogens is 198 g/mol. The SMILES string of the molecule is O=c1ccnc(SC2CCNCC2)[nH]1. The molecule has 1 saturated heterocycles. The smallest absolute Gasteiger partial charge is 0.251 e. The number of hydrogen-bond acceptors (Lipinski definition) is 4. The molecule has 0 radical (unpaired) electrons. The van der Waals surface area contributed by atoms with Crippen LogP contribution in [0.1, 0.15) is 12.8 Å². The molecule has 5 heteroatoms. The fraction of sp³-hybridized carbons (Fsp3) is 0.556. The molecule has 0 bridgehead atoms. The Balaban J connectivity index is 1.99. The van der Waals surface area contributed by atoms with Gasteiger partial charge in [0.15, 0.2) is 5.16 Å². The third-order valence-electron chi connectivity index (χ3n) is 2.21. The number of H-pyrrole nitrogens is 1. The number of hydrogen-bond donors (Lipinski definition) is 2. The van der Waals surface area contributed by atoms with E-state index in [1.807, 2.05) is 0 Å². The van der Waals surface area contributed by atoms with Crippen molar-refractivity contribution in [3.8, 4) is 0 Å². The topological polar surface area (TPSA) is 57.8 Å².